The van der Waals surface area contributed by atoms with Crippen LogP contribution in [0.25, 0.3) is 0 Å². The first-order chi connectivity index (χ1) is 12.2. The highest BCUT2D eigenvalue weighted by atomic mass is 16.6. The van der Waals surface area contributed by atoms with Gasteiger partial charge >= 0.3 is 11.7 Å². The van der Waals surface area contributed by atoms with E-state index in [0.717, 1.165) is 0 Å². The number of esters is 1. The third-order valence-corrected chi connectivity index (χ3v) is 3.57. The van der Waals surface area contributed by atoms with Gasteiger partial charge in [0.05, 0.1) is 17.7 Å². The molecule has 26 heavy (non-hydrogen) atoms. The largest absolute Gasteiger partial charge is 0.490 e. The summed E-state index contributed by atoms with van der Waals surface area (Å²) in [5.41, 5.74) is 1.09. The number of amides is 1. The Bertz CT molecular complexity index is 853. The number of methoxy groups -OCH3 is 1. The van der Waals surface area contributed by atoms with Gasteiger partial charge in [-0.2, -0.15) is 0 Å². The molecule has 10 heteroatoms. The summed E-state index contributed by atoms with van der Waals surface area (Å²) in [5.74, 6) is -1.04. The van der Waals surface area contributed by atoms with E-state index in [1.165, 1.54) is 19.2 Å². The van der Waals surface area contributed by atoms with Crippen molar-refractivity contribution in [1.29, 1.82) is 0 Å². The molecule has 1 heterocycles. The number of hydrogen-bond donors (Lipinski definition) is 1. The van der Waals surface area contributed by atoms with Crippen molar-refractivity contribution < 1.29 is 28.5 Å². The van der Waals surface area contributed by atoms with Crippen LogP contribution in [0.15, 0.2) is 16.7 Å². The maximum absolute atomic E-state index is 12.0. The quantitative estimate of drug-likeness (QED) is 0.469. The van der Waals surface area contributed by atoms with Crippen LogP contribution in [-0.4, -0.2) is 35.7 Å². The lowest BCUT2D eigenvalue weighted by Crippen LogP contribution is -2.21. The third kappa shape index (κ3) is 3.97. The Hall–Kier alpha value is -3.43. The van der Waals surface area contributed by atoms with E-state index in [0.29, 0.717) is 22.7 Å². The minimum Gasteiger partial charge on any atom is -0.490 e. The Balaban J connectivity index is 2.06. The van der Waals surface area contributed by atoms with Crippen LogP contribution in [0, 0.1) is 30.9 Å². The first-order valence-electron chi connectivity index (χ1n) is 7.47. The fourth-order valence-corrected chi connectivity index (χ4v) is 2.28. The number of carbonyl (C=O) groups excluding carboxylic acids is 2. The number of hydrogen-bond acceptors (Lipinski definition) is 8. The third-order valence-electron chi connectivity index (χ3n) is 3.57. The summed E-state index contributed by atoms with van der Waals surface area (Å²) in [4.78, 5) is 34.4. The van der Waals surface area contributed by atoms with Gasteiger partial charge in [0.15, 0.2) is 12.4 Å². The molecule has 1 N–H and O–H groups in total. The molecule has 1 amide bonds. The molecular formula is C16H17N3O7. The van der Waals surface area contributed by atoms with Crippen molar-refractivity contribution in [1.82, 2.24) is 5.16 Å². The molecule has 1 aromatic heterocycles. The van der Waals surface area contributed by atoms with Gasteiger partial charge in [-0.05, 0) is 26.3 Å². The lowest BCUT2D eigenvalue weighted by atomic mass is 10.1. The van der Waals surface area contributed by atoms with Crippen LogP contribution in [-0.2, 0) is 9.53 Å². The minimum atomic E-state index is -0.727. The van der Waals surface area contributed by atoms with E-state index in [1.807, 2.05) is 0 Å². The van der Waals surface area contributed by atoms with Crippen molar-refractivity contribution in [2.24, 2.45) is 0 Å². The smallest absolute Gasteiger partial charge is 0.344 e. The van der Waals surface area contributed by atoms with Crippen molar-refractivity contribution in [2.45, 2.75) is 20.8 Å². The topological polar surface area (TPSA) is 134 Å². The van der Waals surface area contributed by atoms with Crippen LogP contribution >= 0.6 is 0 Å². The second-order valence-electron chi connectivity index (χ2n) is 5.42. The van der Waals surface area contributed by atoms with E-state index in [9.17, 15) is 19.7 Å². The summed E-state index contributed by atoms with van der Waals surface area (Å²) >= 11 is 0. The number of nitro groups is 1. The zero-order valence-electron chi connectivity index (χ0n) is 14.6. The Morgan fingerprint density at radius 3 is 2.54 bits per heavy atom. The van der Waals surface area contributed by atoms with E-state index < -0.39 is 23.4 Å². The van der Waals surface area contributed by atoms with Crippen LogP contribution in [0.5, 0.6) is 5.75 Å². The number of nitrogens with one attached hydrogen (secondary N) is 1. The van der Waals surface area contributed by atoms with Gasteiger partial charge in [0.2, 0.25) is 0 Å². The fourth-order valence-electron chi connectivity index (χ4n) is 2.28. The number of benzene rings is 1. The van der Waals surface area contributed by atoms with Crippen molar-refractivity contribution in [3.8, 4) is 5.75 Å². The predicted molar refractivity (Wildman–Crippen MR) is 89.3 cm³/mol. The normalized spacial score (nSPS) is 10.3. The molecule has 0 spiro atoms. The van der Waals surface area contributed by atoms with Gasteiger partial charge in [0.25, 0.3) is 5.91 Å². The summed E-state index contributed by atoms with van der Waals surface area (Å²) in [6.07, 6.45) is 0. The van der Waals surface area contributed by atoms with E-state index in [2.05, 4.69) is 10.5 Å². The van der Waals surface area contributed by atoms with Crippen molar-refractivity contribution in [3.63, 3.8) is 0 Å². The number of aromatic nitrogens is 1. The fraction of sp³-hybridized carbons (Fsp3) is 0.312. The van der Waals surface area contributed by atoms with Crippen molar-refractivity contribution in [2.75, 3.05) is 19.0 Å². The van der Waals surface area contributed by atoms with Gasteiger partial charge in [0, 0.05) is 17.8 Å². The average Bonchev–Trinajstić information content (AvgIpc) is 2.92. The first-order valence-corrected chi connectivity index (χ1v) is 7.47. The van der Waals surface area contributed by atoms with Crippen LogP contribution in [0.2, 0.25) is 0 Å². The van der Waals surface area contributed by atoms with Gasteiger partial charge in [-0.1, -0.05) is 5.16 Å². The van der Waals surface area contributed by atoms with Crippen LogP contribution in [0.1, 0.15) is 27.4 Å². The molecule has 138 valence electrons. The van der Waals surface area contributed by atoms with Crippen molar-refractivity contribution >= 4 is 23.3 Å². The average molecular weight is 363 g/mol. The Morgan fingerprint density at radius 2 is 2.00 bits per heavy atom. The summed E-state index contributed by atoms with van der Waals surface area (Å²) in [5, 5.41) is 17.1. The summed E-state index contributed by atoms with van der Waals surface area (Å²) in [6, 6.07) is 2.62. The SMILES string of the molecule is COc1cc(NC(=O)COC(=O)c2c(C)noc2C)c(C)cc1[N+](=O)[O-]. The van der Waals surface area contributed by atoms with Crippen LogP contribution in [0.4, 0.5) is 11.4 Å². The number of carbonyl (C=O) groups is 2. The molecule has 0 aliphatic carbocycles. The molecular weight excluding hydrogens is 346 g/mol. The molecule has 0 saturated heterocycles. The predicted octanol–water partition coefficient (Wildman–Crippen LogP) is 2.31. The number of rotatable bonds is 6. The molecule has 0 bridgehead atoms. The highest BCUT2D eigenvalue weighted by molar-refractivity contribution is 5.97. The second kappa shape index (κ2) is 7.64. The highest BCUT2D eigenvalue weighted by Crippen LogP contribution is 2.32. The summed E-state index contributed by atoms with van der Waals surface area (Å²) in [7, 11) is 1.29. The van der Waals surface area contributed by atoms with E-state index in [4.69, 9.17) is 14.0 Å². The van der Waals surface area contributed by atoms with E-state index in [1.54, 1.807) is 20.8 Å². The summed E-state index contributed by atoms with van der Waals surface area (Å²) in [6.45, 7) is 4.20. The molecule has 0 radical (unpaired) electrons. The van der Waals surface area contributed by atoms with Gasteiger partial charge in [0.1, 0.15) is 11.3 Å². The lowest BCUT2D eigenvalue weighted by molar-refractivity contribution is -0.385. The number of ether oxygens (including phenoxy) is 2. The number of aryl methyl sites for hydroxylation is 3. The van der Waals surface area contributed by atoms with Crippen LogP contribution < -0.4 is 10.1 Å². The van der Waals surface area contributed by atoms with Gasteiger partial charge in [-0.3, -0.25) is 14.9 Å². The second-order valence-corrected chi connectivity index (χ2v) is 5.42. The minimum absolute atomic E-state index is 0.00335. The standard InChI is InChI=1S/C16H17N3O7/c1-8-5-12(19(22)23)13(24-4)6-11(8)17-14(20)7-25-16(21)15-9(2)18-26-10(15)3/h5-6H,7H2,1-4H3,(H,17,20). The number of nitro benzene ring substituents is 1. The molecule has 0 saturated carbocycles. The molecule has 2 rings (SSSR count). The van der Waals surface area contributed by atoms with E-state index >= 15 is 0 Å². The maximum atomic E-state index is 12.0. The van der Waals surface area contributed by atoms with E-state index in [-0.39, 0.29) is 17.0 Å². The molecule has 2 aromatic rings. The van der Waals surface area contributed by atoms with Crippen LogP contribution in [0.3, 0.4) is 0 Å². The highest BCUT2D eigenvalue weighted by Gasteiger charge is 2.21. The molecule has 0 aliphatic heterocycles. The van der Waals surface area contributed by atoms with Gasteiger partial charge in [-0.25, -0.2) is 4.79 Å². The van der Waals surface area contributed by atoms with Gasteiger partial charge in [-0.15, -0.1) is 0 Å². The summed E-state index contributed by atoms with van der Waals surface area (Å²) < 4.78 is 14.8. The molecule has 0 unspecified atom stereocenters. The molecule has 0 aliphatic rings. The Kier molecular flexibility index (Phi) is 5.55. The van der Waals surface area contributed by atoms with Crippen molar-refractivity contribution in [3.05, 3.63) is 44.8 Å². The lowest BCUT2D eigenvalue weighted by Gasteiger charge is -2.11. The molecule has 1 aromatic carbocycles. The van der Waals surface area contributed by atoms with Gasteiger partial charge < -0.3 is 19.3 Å². The Labute approximate surface area is 148 Å². The number of anilines is 1. The maximum Gasteiger partial charge on any atom is 0.344 e. The first kappa shape index (κ1) is 18.9. The monoisotopic (exact) mass is 363 g/mol. The Morgan fingerprint density at radius 1 is 1.31 bits per heavy atom. The number of nitrogens with zero attached hydrogens (tertiary/aromatic N) is 2. The zero-order valence-corrected chi connectivity index (χ0v) is 14.6. The zero-order chi connectivity index (χ0) is 19.4. The molecule has 0 fully saturated rings. The molecule has 0 atom stereocenters. The molecule has 10 nitrogen and oxygen atoms in total.